The molecule has 0 atom stereocenters. The first-order valence-corrected chi connectivity index (χ1v) is 8.27. The van der Waals surface area contributed by atoms with Crippen LogP contribution in [0, 0.1) is 6.92 Å². The molecular formula is C17H14Br2N2. The summed E-state index contributed by atoms with van der Waals surface area (Å²) < 4.78 is 2.09. The molecule has 0 saturated carbocycles. The lowest BCUT2D eigenvalue weighted by Gasteiger charge is -2.03. The van der Waals surface area contributed by atoms with E-state index in [1.165, 1.54) is 5.56 Å². The number of hydrogen-bond donors (Lipinski definition) is 1. The molecule has 2 aromatic carbocycles. The van der Waals surface area contributed by atoms with Gasteiger partial charge < -0.3 is 4.98 Å². The highest BCUT2D eigenvalue weighted by Gasteiger charge is 2.12. The highest BCUT2D eigenvalue weighted by atomic mass is 79.9. The normalized spacial score (nSPS) is 10.8. The van der Waals surface area contributed by atoms with E-state index in [-0.39, 0.29) is 0 Å². The maximum atomic E-state index is 4.76. The summed E-state index contributed by atoms with van der Waals surface area (Å²) in [7, 11) is 0. The van der Waals surface area contributed by atoms with Crippen LogP contribution in [0.1, 0.15) is 17.1 Å². The number of aromatic nitrogens is 2. The number of H-pyrrole nitrogens is 1. The predicted molar refractivity (Wildman–Crippen MR) is 93.4 cm³/mol. The first-order valence-electron chi connectivity index (χ1n) is 6.68. The second-order valence-electron chi connectivity index (χ2n) is 4.94. The molecule has 1 N–H and O–H groups in total. The molecule has 0 amide bonds. The molecular weight excluding hydrogens is 392 g/mol. The van der Waals surface area contributed by atoms with E-state index in [1.807, 2.05) is 18.2 Å². The Kier molecular flexibility index (Phi) is 4.27. The molecule has 0 aliphatic heterocycles. The van der Waals surface area contributed by atoms with E-state index >= 15 is 0 Å². The average Bonchev–Trinajstić information content (AvgIpc) is 2.80. The molecule has 2 nitrogen and oxygen atoms in total. The van der Waals surface area contributed by atoms with Crippen LogP contribution in [-0.2, 0) is 6.42 Å². The SMILES string of the molecule is Cc1[nH]c(Cc2ccccc2)nc1-c1ccc(Br)cc1Br. The molecule has 0 saturated heterocycles. The summed E-state index contributed by atoms with van der Waals surface area (Å²) in [5.41, 5.74) is 4.45. The van der Waals surface area contributed by atoms with E-state index in [1.54, 1.807) is 0 Å². The van der Waals surface area contributed by atoms with Crippen LogP contribution in [0.25, 0.3) is 11.3 Å². The Morgan fingerprint density at radius 3 is 2.52 bits per heavy atom. The number of aromatic amines is 1. The van der Waals surface area contributed by atoms with E-state index in [0.717, 1.165) is 38.1 Å². The minimum atomic E-state index is 0.815. The van der Waals surface area contributed by atoms with Gasteiger partial charge in [-0.05, 0) is 24.6 Å². The zero-order chi connectivity index (χ0) is 14.8. The van der Waals surface area contributed by atoms with Gasteiger partial charge in [0.05, 0.1) is 5.69 Å². The molecule has 1 aromatic heterocycles. The van der Waals surface area contributed by atoms with Gasteiger partial charge in [-0.1, -0.05) is 68.3 Å². The van der Waals surface area contributed by atoms with E-state index in [4.69, 9.17) is 4.98 Å². The molecule has 0 aliphatic rings. The van der Waals surface area contributed by atoms with Gasteiger partial charge in [0.2, 0.25) is 0 Å². The first kappa shape index (κ1) is 14.5. The molecule has 21 heavy (non-hydrogen) atoms. The third kappa shape index (κ3) is 3.27. The largest absolute Gasteiger partial charge is 0.345 e. The summed E-state index contributed by atoms with van der Waals surface area (Å²) in [5.74, 6) is 0.989. The monoisotopic (exact) mass is 404 g/mol. The van der Waals surface area contributed by atoms with Crippen molar-refractivity contribution in [1.29, 1.82) is 0 Å². The lowest BCUT2D eigenvalue weighted by Crippen LogP contribution is -1.90. The number of halogens is 2. The molecule has 0 bridgehead atoms. The molecule has 106 valence electrons. The van der Waals surface area contributed by atoms with Crippen molar-refractivity contribution in [2.24, 2.45) is 0 Å². The molecule has 0 radical (unpaired) electrons. The molecule has 0 unspecified atom stereocenters. The molecule has 0 fully saturated rings. The predicted octanol–water partition coefficient (Wildman–Crippen LogP) is 5.50. The number of aryl methyl sites for hydroxylation is 1. The van der Waals surface area contributed by atoms with Crippen molar-refractivity contribution in [3.63, 3.8) is 0 Å². The number of benzene rings is 2. The molecule has 0 spiro atoms. The van der Waals surface area contributed by atoms with Crippen molar-refractivity contribution in [1.82, 2.24) is 9.97 Å². The van der Waals surface area contributed by atoms with E-state index in [2.05, 4.69) is 74.1 Å². The summed E-state index contributed by atoms with van der Waals surface area (Å²) >= 11 is 7.09. The van der Waals surface area contributed by atoms with Gasteiger partial charge in [-0.2, -0.15) is 0 Å². The Labute approximate surface area is 140 Å². The maximum Gasteiger partial charge on any atom is 0.111 e. The third-order valence-electron chi connectivity index (χ3n) is 3.33. The average molecular weight is 406 g/mol. The van der Waals surface area contributed by atoms with Gasteiger partial charge in [0, 0.05) is 26.6 Å². The fourth-order valence-electron chi connectivity index (χ4n) is 2.34. The van der Waals surface area contributed by atoms with Crippen molar-refractivity contribution in [2.45, 2.75) is 13.3 Å². The maximum absolute atomic E-state index is 4.76. The Morgan fingerprint density at radius 2 is 1.81 bits per heavy atom. The van der Waals surface area contributed by atoms with Crippen molar-refractivity contribution >= 4 is 31.9 Å². The van der Waals surface area contributed by atoms with Gasteiger partial charge in [0.15, 0.2) is 0 Å². The Morgan fingerprint density at radius 1 is 1.05 bits per heavy atom. The van der Waals surface area contributed by atoms with Crippen molar-refractivity contribution in [3.8, 4) is 11.3 Å². The second kappa shape index (κ2) is 6.16. The summed E-state index contributed by atoms with van der Waals surface area (Å²) in [6, 6.07) is 16.5. The van der Waals surface area contributed by atoms with Crippen LogP contribution < -0.4 is 0 Å². The van der Waals surface area contributed by atoms with Gasteiger partial charge >= 0.3 is 0 Å². The minimum Gasteiger partial charge on any atom is -0.345 e. The second-order valence-corrected chi connectivity index (χ2v) is 6.71. The van der Waals surface area contributed by atoms with Crippen molar-refractivity contribution in [2.75, 3.05) is 0 Å². The molecule has 3 aromatic rings. The smallest absolute Gasteiger partial charge is 0.111 e. The fourth-order valence-corrected chi connectivity index (χ4v) is 3.57. The lowest BCUT2D eigenvalue weighted by atomic mass is 10.1. The molecule has 1 heterocycles. The highest BCUT2D eigenvalue weighted by Crippen LogP contribution is 2.31. The number of rotatable bonds is 3. The van der Waals surface area contributed by atoms with Gasteiger partial charge in [-0.25, -0.2) is 4.98 Å². The summed E-state index contributed by atoms with van der Waals surface area (Å²) in [6.07, 6.45) is 0.815. The van der Waals surface area contributed by atoms with Crippen molar-refractivity contribution in [3.05, 3.63) is 74.6 Å². The van der Waals surface area contributed by atoms with Crippen LogP contribution in [0.3, 0.4) is 0 Å². The van der Waals surface area contributed by atoms with Crippen LogP contribution >= 0.6 is 31.9 Å². The highest BCUT2D eigenvalue weighted by molar-refractivity contribution is 9.11. The van der Waals surface area contributed by atoms with Crippen LogP contribution in [0.15, 0.2) is 57.5 Å². The number of imidazole rings is 1. The van der Waals surface area contributed by atoms with Gasteiger partial charge in [0.25, 0.3) is 0 Å². The zero-order valence-corrected chi connectivity index (χ0v) is 14.7. The van der Waals surface area contributed by atoms with Crippen LogP contribution in [0.5, 0.6) is 0 Å². The molecule has 4 heteroatoms. The fraction of sp³-hybridized carbons (Fsp3) is 0.118. The summed E-state index contributed by atoms with van der Waals surface area (Å²) in [4.78, 5) is 8.15. The Balaban J connectivity index is 1.94. The standard InChI is InChI=1S/C17H14Br2N2/c1-11-17(14-8-7-13(18)10-15(14)19)21-16(20-11)9-12-5-3-2-4-6-12/h2-8,10H,9H2,1H3,(H,20,21). The van der Waals surface area contributed by atoms with Gasteiger partial charge in [-0.3, -0.25) is 0 Å². The molecule has 3 rings (SSSR count). The van der Waals surface area contributed by atoms with Crippen LogP contribution in [0.2, 0.25) is 0 Å². The number of nitrogens with zero attached hydrogens (tertiary/aromatic N) is 1. The minimum absolute atomic E-state index is 0.815. The van der Waals surface area contributed by atoms with E-state index in [0.29, 0.717) is 0 Å². The third-order valence-corrected chi connectivity index (χ3v) is 4.48. The topological polar surface area (TPSA) is 28.7 Å². The Bertz CT molecular complexity index is 764. The lowest BCUT2D eigenvalue weighted by molar-refractivity contribution is 1.02. The number of hydrogen-bond acceptors (Lipinski definition) is 1. The quantitative estimate of drug-likeness (QED) is 0.612. The van der Waals surface area contributed by atoms with Crippen LogP contribution in [-0.4, -0.2) is 9.97 Å². The first-order chi connectivity index (χ1) is 10.1. The summed E-state index contributed by atoms with van der Waals surface area (Å²) in [5, 5.41) is 0. The van der Waals surface area contributed by atoms with Gasteiger partial charge in [0.1, 0.15) is 5.82 Å². The number of nitrogens with one attached hydrogen (secondary N) is 1. The molecule has 0 aliphatic carbocycles. The van der Waals surface area contributed by atoms with Crippen molar-refractivity contribution < 1.29 is 0 Å². The van der Waals surface area contributed by atoms with E-state index < -0.39 is 0 Å². The van der Waals surface area contributed by atoms with Gasteiger partial charge in [-0.15, -0.1) is 0 Å². The van der Waals surface area contributed by atoms with Crippen LogP contribution in [0.4, 0.5) is 0 Å². The summed E-state index contributed by atoms with van der Waals surface area (Å²) in [6.45, 7) is 2.06. The zero-order valence-electron chi connectivity index (χ0n) is 11.5. The Hall–Kier alpha value is -1.39. The van der Waals surface area contributed by atoms with E-state index in [9.17, 15) is 0 Å².